The molecule has 1 aromatic rings. The fourth-order valence-electron chi connectivity index (χ4n) is 1.17. The van der Waals surface area contributed by atoms with Gasteiger partial charge in [0.25, 0.3) is 0 Å². The predicted octanol–water partition coefficient (Wildman–Crippen LogP) is 2.38. The molecule has 0 aromatic heterocycles. The fourth-order valence-corrected chi connectivity index (χ4v) is 1.17. The molecule has 0 fully saturated rings. The molecule has 0 aliphatic heterocycles. The summed E-state index contributed by atoms with van der Waals surface area (Å²) < 4.78 is 0. The van der Waals surface area contributed by atoms with Crippen LogP contribution in [0.3, 0.4) is 0 Å². The van der Waals surface area contributed by atoms with E-state index in [1.54, 1.807) is 6.92 Å². The van der Waals surface area contributed by atoms with E-state index in [9.17, 15) is 4.79 Å². The van der Waals surface area contributed by atoms with Crippen molar-refractivity contribution in [2.75, 3.05) is 7.05 Å². The molecule has 0 saturated heterocycles. The average molecular weight is 220 g/mol. The number of hydrogen-bond donors (Lipinski definition) is 1. The molecule has 4 nitrogen and oxygen atoms in total. The lowest BCUT2D eigenvalue weighted by atomic mass is 10.0. The van der Waals surface area contributed by atoms with Crippen LogP contribution in [0.15, 0.2) is 23.4 Å². The number of nitrogens with zero attached hydrogens (tertiary/aromatic N) is 1. The first-order chi connectivity index (χ1) is 7.54. The van der Waals surface area contributed by atoms with Crippen LogP contribution in [0.4, 0.5) is 4.79 Å². The number of rotatable bonds is 2. The molecule has 16 heavy (non-hydrogen) atoms. The number of amides is 1. The highest BCUT2D eigenvalue weighted by Crippen LogP contribution is 2.10. The molecule has 0 radical (unpaired) electrons. The van der Waals surface area contributed by atoms with E-state index in [1.165, 1.54) is 18.2 Å². The summed E-state index contributed by atoms with van der Waals surface area (Å²) in [6.07, 6.45) is -0.566. The summed E-state index contributed by atoms with van der Waals surface area (Å²) >= 11 is 0. The van der Waals surface area contributed by atoms with Crippen LogP contribution in [0.1, 0.15) is 23.6 Å². The van der Waals surface area contributed by atoms with Crippen molar-refractivity contribution in [3.05, 3.63) is 34.9 Å². The van der Waals surface area contributed by atoms with Crippen LogP contribution in [-0.2, 0) is 4.84 Å². The van der Waals surface area contributed by atoms with Gasteiger partial charge in [0.05, 0.1) is 5.71 Å². The van der Waals surface area contributed by atoms with Crippen molar-refractivity contribution in [2.45, 2.75) is 20.8 Å². The average Bonchev–Trinajstić information content (AvgIpc) is 2.29. The van der Waals surface area contributed by atoms with Crippen molar-refractivity contribution in [1.29, 1.82) is 0 Å². The summed E-state index contributed by atoms with van der Waals surface area (Å²) in [7, 11) is 1.49. The first-order valence-corrected chi connectivity index (χ1v) is 5.05. The monoisotopic (exact) mass is 220 g/mol. The second-order valence-electron chi connectivity index (χ2n) is 3.60. The second-order valence-corrected chi connectivity index (χ2v) is 3.60. The molecule has 86 valence electrons. The summed E-state index contributed by atoms with van der Waals surface area (Å²) in [5, 5.41) is 6.06. The minimum Gasteiger partial charge on any atom is -0.323 e. The molecule has 1 N–H and O–H groups in total. The standard InChI is InChI=1S/C12H16N2O2/c1-8-5-6-11(7-9(8)2)10(3)14-16-12(15)13-4/h5-7H,1-4H3,(H,13,15)/b14-10-. The molecule has 0 spiro atoms. The molecule has 0 aliphatic rings. The van der Waals surface area contributed by atoms with Gasteiger partial charge in [-0.1, -0.05) is 17.3 Å². The highest BCUT2D eigenvalue weighted by Gasteiger charge is 2.02. The van der Waals surface area contributed by atoms with Gasteiger partial charge in [0.1, 0.15) is 0 Å². The highest BCUT2D eigenvalue weighted by molar-refractivity contribution is 5.98. The molecule has 0 unspecified atom stereocenters. The Kier molecular flexibility index (Phi) is 4.05. The molecule has 4 heteroatoms. The second kappa shape index (κ2) is 5.30. The third-order valence-corrected chi connectivity index (χ3v) is 2.39. The Morgan fingerprint density at radius 3 is 2.56 bits per heavy atom. The first kappa shape index (κ1) is 12.2. The van der Waals surface area contributed by atoms with Crippen molar-refractivity contribution >= 4 is 11.8 Å². The zero-order valence-electron chi connectivity index (χ0n) is 10.00. The predicted molar refractivity (Wildman–Crippen MR) is 63.7 cm³/mol. The van der Waals surface area contributed by atoms with Crippen molar-refractivity contribution in [1.82, 2.24) is 5.32 Å². The Bertz CT molecular complexity index is 425. The Hall–Kier alpha value is -1.84. The molecule has 0 bridgehead atoms. The van der Waals surface area contributed by atoms with Gasteiger partial charge in [0, 0.05) is 7.05 Å². The van der Waals surface area contributed by atoms with Gasteiger partial charge < -0.3 is 5.32 Å². The SMILES string of the molecule is CNC(=O)O/N=C(/C)c1ccc(C)c(C)c1. The molecule has 1 rings (SSSR count). The zero-order valence-corrected chi connectivity index (χ0v) is 10.00. The molecule has 1 amide bonds. The Labute approximate surface area is 95.3 Å². The van der Waals surface area contributed by atoms with E-state index >= 15 is 0 Å². The van der Waals surface area contributed by atoms with Crippen molar-refractivity contribution in [3.8, 4) is 0 Å². The van der Waals surface area contributed by atoms with Gasteiger partial charge in [0.2, 0.25) is 0 Å². The molecule has 0 saturated carbocycles. The van der Waals surface area contributed by atoms with E-state index in [1.807, 2.05) is 32.0 Å². The van der Waals surface area contributed by atoms with Crippen LogP contribution in [0, 0.1) is 13.8 Å². The third kappa shape index (κ3) is 3.08. The zero-order chi connectivity index (χ0) is 12.1. The number of hydrogen-bond acceptors (Lipinski definition) is 3. The Morgan fingerprint density at radius 1 is 1.31 bits per heavy atom. The molecule has 1 aromatic carbocycles. The number of carbonyl (C=O) groups excluding carboxylic acids is 1. The van der Waals surface area contributed by atoms with Crippen molar-refractivity contribution in [3.63, 3.8) is 0 Å². The lowest BCUT2D eigenvalue weighted by molar-refractivity contribution is 0.153. The molecule has 0 aliphatic carbocycles. The largest absolute Gasteiger partial charge is 0.433 e. The fraction of sp³-hybridized carbons (Fsp3) is 0.333. The van der Waals surface area contributed by atoms with Gasteiger partial charge in [0.15, 0.2) is 0 Å². The van der Waals surface area contributed by atoms with E-state index in [0.29, 0.717) is 5.71 Å². The van der Waals surface area contributed by atoms with Crippen LogP contribution in [0.2, 0.25) is 0 Å². The number of benzene rings is 1. The summed E-state index contributed by atoms with van der Waals surface area (Å²) in [5.41, 5.74) is 4.04. The van der Waals surface area contributed by atoms with Crippen LogP contribution in [0.5, 0.6) is 0 Å². The summed E-state index contributed by atoms with van der Waals surface area (Å²) in [6, 6.07) is 5.99. The van der Waals surface area contributed by atoms with Gasteiger partial charge in [-0.25, -0.2) is 4.79 Å². The lowest BCUT2D eigenvalue weighted by Gasteiger charge is -2.04. The minimum absolute atomic E-state index is 0.566. The molecule has 0 heterocycles. The lowest BCUT2D eigenvalue weighted by Crippen LogP contribution is -2.17. The van der Waals surface area contributed by atoms with Crippen LogP contribution in [0.25, 0.3) is 0 Å². The van der Waals surface area contributed by atoms with Crippen molar-refractivity contribution in [2.24, 2.45) is 5.16 Å². The maximum absolute atomic E-state index is 10.8. The summed E-state index contributed by atoms with van der Waals surface area (Å²) in [4.78, 5) is 15.4. The van der Waals surface area contributed by atoms with Gasteiger partial charge in [-0.3, -0.25) is 4.84 Å². The van der Waals surface area contributed by atoms with Crippen molar-refractivity contribution < 1.29 is 9.63 Å². The molecular formula is C12H16N2O2. The van der Waals surface area contributed by atoms with E-state index < -0.39 is 6.09 Å². The summed E-state index contributed by atoms with van der Waals surface area (Å²) in [5.74, 6) is 0. The van der Waals surface area contributed by atoms with Gasteiger partial charge >= 0.3 is 6.09 Å². The Morgan fingerprint density at radius 2 is 2.00 bits per heavy atom. The Balaban J connectivity index is 2.83. The van der Waals surface area contributed by atoms with Gasteiger partial charge in [-0.15, -0.1) is 0 Å². The van der Waals surface area contributed by atoms with E-state index in [2.05, 4.69) is 15.3 Å². The molecular weight excluding hydrogens is 204 g/mol. The van der Waals surface area contributed by atoms with E-state index in [4.69, 9.17) is 0 Å². The van der Waals surface area contributed by atoms with Crippen LogP contribution in [-0.4, -0.2) is 18.9 Å². The van der Waals surface area contributed by atoms with Crippen LogP contribution >= 0.6 is 0 Å². The number of carbonyl (C=O) groups is 1. The summed E-state index contributed by atoms with van der Waals surface area (Å²) in [6.45, 7) is 5.88. The maximum Gasteiger partial charge on any atom is 0.433 e. The van der Waals surface area contributed by atoms with E-state index in [-0.39, 0.29) is 0 Å². The first-order valence-electron chi connectivity index (χ1n) is 5.05. The van der Waals surface area contributed by atoms with E-state index in [0.717, 1.165) is 5.56 Å². The van der Waals surface area contributed by atoms with Gasteiger partial charge in [-0.2, -0.15) is 0 Å². The number of aryl methyl sites for hydroxylation is 2. The normalized spacial score (nSPS) is 11.1. The maximum atomic E-state index is 10.8. The smallest absolute Gasteiger partial charge is 0.323 e. The topological polar surface area (TPSA) is 50.7 Å². The highest BCUT2D eigenvalue weighted by atomic mass is 16.7. The number of nitrogens with one attached hydrogen (secondary N) is 1. The minimum atomic E-state index is -0.566. The molecule has 0 atom stereocenters. The number of oxime groups is 1. The quantitative estimate of drug-likeness (QED) is 0.472. The third-order valence-electron chi connectivity index (χ3n) is 2.39. The van der Waals surface area contributed by atoms with Gasteiger partial charge in [-0.05, 0) is 43.5 Å². The van der Waals surface area contributed by atoms with Crippen LogP contribution < -0.4 is 5.32 Å².